The number of fused-ring (bicyclic) bond motifs is 8. The summed E-state index contributed by atoms with van der Waals surface area (Å²) in [6.45, 7) is 5.82. The minimum atomic E-state index is -1.59. The third kappa shape index (κ3) is 9.97. The van der Waals surface area contributed by atoms with E-state index in [1.807, 2.05) is 24.3 Å². The Morgan fingerprint density at radius 3 is 1.46 bits per heavy atom. The number of ether oxygens (including phenoxy) is 3. The van der Waals surface area contributed by atoms with Gasteiger partial charge in [0.25, 0.3) is 0 Å². The Labute approximate surface area is 410 Å². The SMILES string of the molecule is Cc1ccc(-c2c3nc(c(-c4ccc(C)cc4)c4ccc([nH]4)c(-c4ccc(OCCCNC(=O)CO[C@H]5O[C@H](CO)[C@@H](O)[C@H](O)[C@H]5O)cc4)c4ccc([nH]4)c(-c4ccc(C)cc4)c4nc2C=C4)C=C3)cc1. The van der Waals surface area contributed by atoms with Gasteiger partial charge in [0.1, 0.15) is 36.8 Å². The van der Waals surface area contributed by atoms with E-state index >= 15 is 0 Å². The van der Waals surface area contributed by atoms with Crippen molar-refractivity contribution in [1.82, 2.24) is 25.3 Å². The number of rotatable bonds is 13. The highest BCUT2D eigenvalue weighted by Gasteiger charge is 2.44. The summed E-state index contributed by atoms with van der Waals surface area (Å²) < 4.78 is 16.8. The zero-order valence-electron chi connectivity index (χ0n) is 39.6. The van der Waals surface area contributed by atoms with E-state index in [-0.39, 0.29) is 6.54 Å². The molecule has 1 amide bonds. The maximum Gasteiger partial charge on any atom is 0.246 e. The van der Waals surface area contributed by atoms with Crippen LogP contribution in [0.5, 0.6) is 5.75 Å². The van der Waals surface area contributed by atoms with Gasteiger partial charge in [-0.15, -0.1) is 0 Å². The molecule has 4 aromatic carbocycles. The molecule has 0 spiro atoms. The van der Waals surface area contributed by atoms with E-state index in [1.54, 1.807) is 0 Å². The number of amides is 1. The molecule has 0 saturated carbocycles. The number of nitrogens with one attached hydrogen (secondary N) is 3. The second kappa shape index (κ2) is 20.5. The van der Waals surface area contributed by atoms with Gasteiger partial charge in [0.05, 0.1) is 36.0 Å². The van der Waals surface area contributed by atoms with E-state index in [0.29, 0.717) is 18.8 Å². The predicted octanol–water partition coefficient (Wildman–Crippen LogP) is 8.95. The Bertz CT molecular complexity index is 3160. The molecule has 1 fully saturated rings. The lowest BCUT2D eigenvalue weighted by molar-refractivity contribution is -0.299. The summed E-state index contributed by atoms with van der Waals surface area (Å²) in [6, 6.07) is 42.1. The third-order valence-electron chi connectivity index (χ3n) is 13.1. The maximum absolute atomic E-state index is 12.5. The van der Waals surface area contributed by atoms with E-state index in [1.165, 1.54) is 5.56 Å². The van der Waals surface area contributed by atoms with E-state index in [0.717, 1.165) is 100 Å². The molecule has 0 unspecified atom stereocenters. The molecule has 360 valence electrons. The Kier molecular flexibility index (Phi) is 13.6. The first-order chi connectivity index (χ1) is 34.5. The average Bonchev–Trinajstić information content (AvgIpc) is 4.24. The molecule has 3 aliphatic rings. The maximum atomic E-state index is 12.5. The summed E-state index contributed by atoms with van der Waals surface area (Å²) in [6.07, 6.45) is 1.66. The fraction of sp³-hybridized carbons (Fsp3) is 0.224. The minimum Gasteiger partial charge on any atom is -0.494 e. The molecule has 10 rings (SSSR count). The molecule has 13 nitrogen and oxygen atoms in total. The molecule has 3 aromatic heterocycles. The van der Waals surface area contributed by atoms with Crippen molar-refractivity contribution < 1.29 is 39.4 Å². The molecular weight excluding hydrogens is 895 g/mol. The number of aromatic amines is 2. The number of hydrogen-bond acceptors (Lipinski definition) is 10. The van der Waals surface area contributed by atoms with Crippen LogP contribution in [0.3, 0.4) is 0 Å². The van der Waals surface area contributed by atoms with Crippen LogP contribution in [-0.2, 0) is 14.3 Å². The van der Waals surface area contributed by atoms with Gasteiger partial charge in [0.15, 0.2) is 6.29 Å². The molecule has 7 aromatic rings. The quantitative estimate of drug-likeness (QED) is 0.0549. The van der Waals surface area contributed by atoms with Crippen LogP contribution in [0.15, 0.2) is 121 Å². The summed E-state index contributed by atoms with van der Waals surface area (Å²) in [5.74, 6) is 0.184. The van der Waals surface area contributed by atoms with Crippen LogP contribution < -0.4 is 10.1 Å². The molecule has 0 aliphatic carbocycles. The van der Waals surface area contributed by atoms with Crippen molar-refractivity contribution in [2.45, 2.75) is 57.9 Å². The lowest BCUT2D eigenvalue weighted by Crippen LogP contribution is -2.59. The Morgan fingerprint density at radius 1 is 0.563 bits per heavy atom. The van der Waals surface area contributed by atoms with Gasteiger partial charge >= 0.3 is 0 Å². The highest BCUT2D eigenvalue weighted by Crippen LogP contribution is 2.39. The highest BCUT2D eigenvalue weighted by atomic mass is 16.7. The Balaban J connectivity index is 1.01. The molecule has 1 saturated heterocycles. The molecule has 5 atom stereocenters. The lowest BCUT2D eigenvalue weighted by atomic mass is 9.99. The van der Waals surface area contributed by atoms with Gasteiger partial charge in [-0.3, -0.25) is 4.79 Å². The Morgan fingerprint density at radius 2 is 0.986 bits per heavy atom. The normalized spacial score (nSPS) is 18.4. The second-order valence-corrected chi connectivity index (χ2v) is 18.2. The molecular formula is C58H55N5O8. The number of carbonyl (C=O) groups is 1. The molecule has 71 heavy (non-hydrogen) atoms. The number of aliphatic hydroxyl groups is 4. The first-order valence-corrected chi connectivity index (χ1v) is 23.8. The van der Waals surface area contributed by atoms with Crippen LogP contribution in [-0.4, -0.2) is 103 Å². The second-order valence-electron chi connectivity index (χ2n) is 18.2. The number of nitrogens with zero attached hydrogens (tertiary/aromatic N) is 2. The topological polar surface area (TPSA) is 195 Å². The van der Waals surface area contributed by atoms with Crippen LogP contribution in [0, 0.1) is 20.8 Å². The molecule has 7 N–H and O–H groups in total. The van der Waals surface area contributed by atoms with Crippen molar-refractivity contribution in [3.8, 4) is 50.3 Å². The lowest BCUT2D eigenvalue weighted by Gasteiger charge is -2.39. The fourth-order valence-electron chi connectivity index (χ4n) is 9.20. The van der Waals surface area contributed by atoms with E-state index < -0.39 is 49.8 Å². The Hall–Kier alpha value is -7.49. The summed E-state index contributed by atoms with van der Waals surface area (Å²) >= 11 is 0. The van der Waals surface area contributed by atoms with E-state index in [9.17, 15) is 25.2 Å². The van der Waals surface area contributed by atoms with Gasteiger partial charge in [-0.25, -0.2) is 9.97 Å². The molecule has 8 bridgehead atoms. The number of benzene rings is 4. The van der Waals surface area contributed by atoms with Crippen molar-refractivity contribution in [3.05, 3.63) is 161 Å². The van der Waals surface area contributed by atoms with E-state index in [4.69, 9.17) is 24.2 Å². The van der Waals surface area contributed by atoms with Crippen LogP contribution in [0.4, 0.5) is 0 Å². The number of carbonyl (C=O) groups excluding carboxylic acids is 1. The van der Waals surface area contributed by atoms with Crippen molar-refractivity contribution >= 4 is 52.3 Å². The number of aromatic nitrogens is 4. The smallest absolute Gasteiger partial charge is 0.246 e. The van der Waals surface area contributed by atoms with Crippen molar-refractivity contribution in [3.63, 3.8) is 0 Å². The van der Waals surface area contributed by atoms with Crippen LogP contribution >= 0.6 is 0 Å². The zero-order valence-corrected chi connectivity index (χ0v) is 39.6. The van der Waals surface area contributed by atoms with Gasteiger partial charge in [-0.1, -0.05) is 102 Å². The molecule has 13 heteroatoms. The van der Waals surface area contributed by atoms with Gasteiger partial charge in [-0.05, 0) is 110 Å². The number of hydrogen-bond donors (Lipinski definition) is 7. The standard InChI is InChI=1S/C58H55N5O8/c1-33-5-11-36(12-6-33)51-41-21-23-43(60-41)52(37-13-7-34(2)8-14-37)45-25-27-47(62-45)54(48-28-26-46(63-48)53(44-24-22-42(51)61-44)38-15-9-35(3)10-16-38)39-17-19-40(20-18-39)69-30-4-29-59-50(65)32-70-58-57(68)56(67)55(66)49(31-64)71-58/h5-28,49,55-58,62-64,66-68H,4,29-32H2,1-3H3,(H,59,65)/t49-,55-,56+,57-,58+/m1/s1. The van der Waals surface area contributed by atoms with Crippen LogP contribution in [0.2, 0.25) is 0 Å². The number of aryl methyl sites for hydroxylation is 3. The predicted molar refractivity (Wildman–Crippen MR) is 278 cm³/mol. The largest absolute Gasteiger partial charge is 0.494 e. The summed E-state index contributed by atoms with van der Waals surface area (Å²) in [5.41, 5.74) is 18.3. The highest BCUT2D eigenvalue weighted by molar-refractivity contribution is 6.00. The van der Waals surface area contributed by atoms with Crippen LogP contribution in [0.1, 0.15) is 45.9 Å². The van der Waals surface area contributed by atoms with Crippen molar-refractivity contribution in [2.24, 2.45) is 0 Å². The van der Waals surface area contributed by atoms with Crippen molar-refractivity contribution in [1.29, 1.82) is 0 Å². The van der Waals surface area contributed by atoms with Crippen molar-refractivity contribution in [2.75, 3.05) is 26.4 Å². The third-order valence-corrected chi connectivity index (χ3v) is 13.1. The van der Waals surface area contributed by atoms with E-state index in [2.05, 4.69) is 157 Å². The van der Waals surface area contributed by atoms with Crippen LogP contribution in [0.25, 0.3) is 90.9 Å². The van der Waals surface area contributed by atoms with Gasteiger partial charge < -0.3 is 49.9 Å². The van der Waals surface area contributed by atoms with Gasteiger partial charge in [0, 0.05) is 50.9 Å². The number of H-pyrrole nitrogens is 2. The monoisotopic (exact) mass is 949 g/mol. The molecule has 0 radical (unpaired) electrons. The molecule has 6 heterocycles. The minimum absolute atomic E-state index is 0.287. The summed E-state index contributed by atoms with van der Waals surface area (Å²) in [4.78, 5) is 31.0. The van der Waals surface area contributed by atoms with Gasteiger partial charge in [-0.2, -0.15) is 0 Å². The first kappa shape index (κ1) is 47.2. The fourth-order valence-corrected chi connectivity index (χ4v) is 9.20. The van der Waals surface area contributed by atoms with Gasteiger partial charge in [0.2, 0.25) is 5.91 Å². The molecule has 3 aliphatic heterocycles. The first-order valence-electron chi connectivity index (χ1n) is 23.8. The summed E-state index contributed by atoms with van der Waals surface area (Å²) in [5, 5.41) is 42.4. The average molecular weight is 950 g/mol. The number of aliphatic hydroxyl groups excluding tert-OH is 4. The zero-order chi connectivity index (χ0) is 49.2. The summed E-state index contributed by atoms with van der Waals surface area (Å²) in [7, 11) is 0.